The highest BCUT2D eigenvalue weighted by atomic mass is 16.5. The molecule has 3 aromatic rings. The Morgan fingerprint density at radius 1 is 1.04 bits per heavy atom. The number of nitrogens with zero attached hydrogens (tertiary/aromatic N) is 1. The highest BCUT2D eigenvalue weighted by molar-refractivity contribution is 6.07. The van der Waals surface area contributed by atoms with E-state index in [4.69, 9.17) is 4.74 Å². The molecule has 0 spiro atoms. The molecule has 0 radical (unpaired) electrons. The number of aromatic nitrogens is 1. The van der Waals surface area contributed by atoms with E-state index in [1.165, 1.54) is 4.57 Å². The molecular formula is C22H22N2O3. The van der Waals surface area contributed by atoms with Crippen molar-refractivity contribution in [3.05, 3.63) is 71.9 Å². The molecule has 5 heteroatoms. The molecular weight excluding hydrogens is 340 g/mol. The second kappa shape index (κ2) is 7.76. The Balaban J connectivity index is 1.65. The number of carbonyl (C=O) groups is 2. The van der Waals surface area contributed by atoms with Crippen molar-refractivity contribution >= 4 is 22.8 Å². The van der Waals surface area contributed by atoms with E-state index in [0.29, 0.717) is 11.2 Å². The maximum absolute atomic E-state index is 13.1. The lowest BCUT2D eigenvalue weighted by atomic mass is 9.99. The minimum Gasteiger partial charge on any atom is -0.444 e. The van der Waals surface area contributed by atoms with Gasteiger partial charge in [-0.15, -0.1) is 0 Å². The first-order chi connectivity index (χ1) is 13.2. The fourth-order valence-corrected chi connectivity index (χ4v) is 3.57. The molecule has 0 saturated carbocycles. The molecule has 1 aliphatic rings. The first-order valence-corrected chi connectivity index (χ1v) is 9.33. The fraction of sp³-hybridized carbons (Fsp3) is 0.273. The van der Waals surface area contributed by atoms with Gasteiger partial charge < -0.3 is 10.1 Å². The van der Waals surface area contributed by atoms with E-state index in [1.54, 1.807) is 6.07 Å². The van der Waals surface area contributed by atoms with Crippen LogP contribution in [-0.4, -0.2) is 29.0 Å². The monoisotopic (exact) mass is 362 g/mol. The predicted octanol–water partition coefficient (Wildman–Crippen LogP) is 4.15. The van der Waals surface area contributed by atoms with Gasteiger partial charge in [0.25, 0.3) is 0 Å². The lowest BCUT2D eigenvalue weighted by Gasteiger charge is -2.22. The van der Waals surface area contributed by atoms with Crippen molar-refractivity contribution < 1.29 is 14.3 Å². The van der Waals surface area contributed by atoms with Crippen molar-refractivity contribution in [2.24, 2.45) is 0 Å². The molecule has 138 valence electrons. The van der Waals surface area contributed by atoms with Gasteiger partial charge in [-0.25, -0.2) is 9.36 Å². The molecule has 0 aliphatic carbocycles. The van der Waals surface area contributed by atoms with Gasteiger partial charge in [-0.1, -0.05) is 55.0 Å². The van der Waals surface area contributed by atoms with Crippen molar-refractivity contribution in [1.29, 1.82) is 0 Å². The molecule has 0 amide bonds. The Kier molecular flexibility index (Phi) is 5.03. The van der Waals surface area contributed by atoms with Crippen LogP contribution in [0.15, 0.2) is 60.7 Å². The number of nitrogens with one attached hydrogen (secondary N) is 1. The SMILES string of the molecule is O=C(c1cc2ccccc2n1C(=O)OCc1ccccc1)C1CCCCN1. The van der Waals surface area contributed by atoms with E-state index >= 15 is 0 Å². The summed E-state index contributed by atoms with van der Waals surface area (Å²) in [5, 5.41) is 4.13. The summed E-state index contributed by atoms with van der Waals surface area (Å²) < 4.78 is 6.92. The summed E-state index contributed by atoms with van der Waals surface area (Å²) in [5.74, 6) is -0.0532. The molecule has 1 unspecified atom stereocenters. The zero-order valence-electron chi connectivity index (χ0n) is 15.1. The van der Waals surface area contributed by atoms with Gasteiger partial charge in [-0.05, 0) is 37.1 Å². The molecule has 1 aromatic heterocycles. The molecule has 2 heterocycles. The van der Waals surface area contributed by atoms with Crippen LogP contribution in [0.3, 0.4) is 0 Å². The number of ether oxygens (including phenoxy) is 1. The average Bonchev–Trinajstić information content (AvgIpc) is 3.12. The molecule has 2 aromatic carbocycles. The van der Waals surface area contributed by atoms with Crippen molar-refractivity contribution in [3.8, 4) is 0 Å². The number of hydrogen-bond donors (Lipinski definition) is 1. The molecule has 1 fully saturated rings. The minimum absolute atomic E-state index is 0.0532. The minimum atomic E-state index is -0.529. The Hall–Kier alpha value is -2.92. The van der Waals surface area contributed by atoms with Crippen LogP contribution in [0.1, 0.15) is 35.3 Å². The maximum Gasteiger partial charge on any atom is 0.419 e. The summed E-state index contributed by atoms with van der Waals surface area (Å²) in [5.41, 5.74) is 1.98. The molecule has 1 aliphatic heterocycles. The van der Waals surface area contributed by atoms with E-state index < -0.39 is 6.09 Å². The van der Waals surface area contributed by atoms with Gasteiger partial charge in [0.1, 0.15) is 6.61 Å². The molecule has 4 rings (SSSR count). The van der Waals surface area contributed by atoms with Gasteiger partial charge in [-0.2, -0.15) is 0 Å². The van der Waals surface area contributed by atoms with Crippen LogP contribution in [-0.2, 0) is 11.3 Å². The molecule has 27 heavy (non-hydrogen) atoms. The van der Waals surface area contributed by atoms with E-state index in [2.05, 4.69) is 5.32 Å². The molecule has 1 saturated heterocycles. The van der Waals surface area contributed by atoms with Gasteiger partial charge in [0.15, 0.2) is 5.78 Å². The van der Waals surface area contributed by atoms with E-state index in [-0.39, 0.29) is 18.4 Å². The number of rotatable bonds is 4. The van der Waals surface area contributed by atoms with Crippen LogP contribution in [0, 0.1) is 0 Å². The summed E-state index contributed by atoms with van der Waals surface area (Å²) in [4.78, 5) is 25.9. The Labute approximate surface area is 157 Å². The molecule has 1 N–H and O–H groups in total. The van der Waals surface area contributed by atoms with Crippen LogP contribution >= 0.6 is 0 Å². The number of fused-ring (bicyclic) bond motifs is 1. The van der Waals surface area contributed by atoms with Gasteiger partial charge in [-0.3, -0.25) is 4.79 Å². The molecule has 0 bridgehead atoms. The van der Waals surface area contributed by atoms with Gasteiger partial charge >= 0.3 is 6.09 Å². The van der Waals surface area contributed by atoms with Gasteiger partial charge in [0.2, 0.25) is 0 Å². The third-order valence-electron chi connectivity index (χ3n) is 4.98. The highest BCUT2D eigenvalue weighted by Crippen LogP contribution is 2.23. The lowest BCUT2D eigenvalue weighted by Crippen LogP contribution is -2.41. The number of piperidine rings is 1. The topological polar surface area (TPSA) is 60.3 Å². The van der Waals surface area contributed by atoms with Gasteiger partial charge in [0, 0.05) is 5.39 Å². The summed E-state index contributed by atoms with van der Waals surface area (Å²) in [6.45, 7) is 0.997. The number of carbonyl (C=O) groups excluding carboxylic acids is 2. The molecule has 1 atom stereocenters. The van der Waals surface area contributed by atoms with Gasteiger partial charge in [0.05, 0.1) is 17.3 Å². The number of benzene rings is 2. The standard InChI is InChI=1S/C22H22N2O3/c25-21(18-11-6-7-13-23-18)20-14-17-10-4-5-12-19(17)24(20)22(26)27-15-16-8-2-1-3-9-16/h1-5,8-10,12,14,18,23H,6-7,11,13,15H2. The second-order valence-electron chi connectivity index (χ2n) is 6.83. The Morgan fingerprint density at radius 3 is 2.59 bits per heavy atom. The summed E-state index contributed by atoms with van der Waals surface area (Å²) >= 11 is 0. The van der Waals surface area contributed by atoms with Crippen LogP contribution in [0.2, 0.25) is 0 Å². The highest BCUT2D eigenvalue weighted by Gasteiger charge is 2.28. The predicted molar refractivity (Wildman–Crippen MR) is 104 cm³/mol. The van der Waals surface area contributed by atoms with E-state index in [1.807, 2.05) is 54.6 Å². The third kappa shape index (κ3) is 3.64. The quantitative estimate of drug-likeness (QED) is 0.708. The van der Waals surface area contributed by atoms with Crippen molar-refractivity contribution in [2.45, 2.75) is 31.9 Å². The number of ketones is 1. The third-order valence-corrected chi connectivity index (χ3v) is 4.98. The number of para-hydroxylation sites is 1. The number of hydrogen-bond acceptors (Lipinski definition) is 4. The first-order valence-electron chi connectivity index (χ1n) is 9.33. The van der Waals surface area contributed by atoms with Crippen molar-refractivity contribution in [1.82, 2.24) is 9.88 Å². The normalized spacial score (nSPS) is 17.0. The zero-order chi connectivity index (χ0) is 18.6. The summed E-state index contributed by atoms with van der Waals surface area (Å²) in [6.07, 6.45) is 2.35. The maximum atomic E-state index is 13.1. The second-order valence-corrected chi connectivity index (χ2v) is 6.83. The largest absolute Gasteiger partial charge is 0.444 e. The average molecular weight is 362 g/mol. The van der Waals surface area contributed by atoms with Crippen LogP contribution in [0.4, 0.5) is 4.79 Å². The fourth-order valence-electron chi connectivity index (χ4n) is 3.57. The van der Waals surface area contributed by atoms with Crippen LogP contribution in [0.25, 0.3) is 10.9 Å². The smallest absolute Gasteiger partial charge is 0.419 e. The summed E-state index contributed by atoms with van der Waals surface area (Å²) in [6, 6.07) is 18.6. The van der Waals surface area contributed by atoms with Crippen LogP contribution in [0.5, 0.6) is 0 Å². The molecule has 5 nitrogen and oxygen atoms in total. The van der Waals surface area contributed by atoms with E-state index in [0.717, 1.165) is 36.8 Å². The number of Topliss-reactive ketones (excluding diaryl/α,β-unsaturated/α-hetero) is 1. The zero-order valence-corrected chi connectivity index (χ0v) is 15.1. The van der Waals surface area contributed by atoms with Crippen molar-refractivity contribution in [2.75, 3.05) is 6.54 Å². The lowest BCUT2D eigenvalue weighted by molar-refractivity contribution is 0.0911. The van der Waals surface area contributed by atoms with Crippen LogP contribution < -0.4 is 5.32 Å². The first kappa shape index (κ1) is 17.5. The Bertz CT molecular complexity index is 956. The Morgan fingerprint density at radius 2 is 1.81 bits per heavy atom. The summed E-state index contributed by atoms with van der Waals surface area (Å²) in [7, 11) is 0. The van der Waals surface area contributed by atoms with Crippen molar-refractivity contribution in [3.63, 3.8) is 0 Å². The van der Waals surface area contributed by atoms with E-state index in [9.17, 15) is 9.59 Å².